The van der Waals surface area contributed by atoms with Crippen LogP contribution >= 0.6 is 11.6 Å². The average Bonchev–Trinajstić information content (AvgIpc) is 2.68. The molecule has 2 aliphatic rings. The summed E-state index contributed by atoms with van der Waals surface area (Å²) in [5, 5.41) is 9.32. The second-order valence-electron chi connectivity index (χ2n) is 5.33. The summed E-state index contributed by atoms with van der Waals surface area (Å²) in [5.41, 5.74) is 2.61. The van der Waals surface area contributed by atoms with E-state index in [1.165, 1.54) is 19.3 Å². The number of fused-ring (bicyclic) bond motifs is 1. The van der Waals surface area contributed by atoms with E-state index < -0.39 is 5.97 Å². The van der Waals surface area contributed by atoms with Crippen molar-refractivity contribution in [2.45, 2.75) is 51.1 Å². The summed E-state index contributed by atoms with van der Waals surface area (Å²) in [6.07, 6.45) is 5.63. The number of halogens is 1. The molecule has 17 heavy (non-hydrogen) atoms. The zero-order valence-electron chi connectivity index (χ0n) is 10.2. The van der Waals surface area contributed by atoms with E-state index in [-0.39, 0.29) is 6.04 Å². The lowest BCUT2D eigenvalue weighted by atomic mass is 9.84. The number of rotatable bonds is 3. The van der Waals surface area contributed by atoms with Gasteiger partial charge in [0.25, 0.3) is 0 Å². The standard InChI is InChI=1S/C13H20ClNO2/c1-9(7-14)8-15-11-5-3-2-4-10(11)6-12(15)13(16)17/h7,10-12H,2-6,8H2,1H3,(H,16,17). The zero-order chi connectivity index (χ0) is 12.4. The van der Waals surface area contributed by atoms with Gasteiger partial charge in [0.1, 0.15) is 6.04 Å². The van der Waals surface area contributed by atoms with Gasteiger partial charge in [-0.2, -0.15) is 0 Å². The van der Waals surface area contributed by atoms with Crippen LogP contribution in [0.3, 0.4) is 0 Å². The first-order valence-corrected chi connectivity index (χ1v) is 6.81. The molecular weight excluding hydrogens is 238 g/mol. The van der Waals surface area contributed by atoms with Gasteiger partial charge in [-0.3, -0.25) is 9.69 Å². The van der Waals surface area contributed by atoms with Crippen molar-refractivity contribution in [3.8, 4) is 0 Å². The van der Waals surface area contributed by atoms with Crippen LogP contribution < -0.4 is 0 Å². The molecule has 3 nitrogen and oxygen atoms in total. The highest BCUT2D eigenvalue weighted by molar-refractivity contribution is 6.25. The molecule has 0 aromatic carbocycles. The molecule has 1 aliphatic heterocycles. The van der Waals surface area contributed by atoms with Crippen LogP contribution in [-0.4, -0.2) is 34.6 Å². The Morgan fingerprint density at radius 3 is 2.82 bits per heavy atom. The first kappa shape index (κ1) is 12.9. The van der Waals surface area contributed by atoms with E-state index in [9.17, 15) is 9.90 Å². The van der Waals surface area contributed by atoms with Crippen molar-refractivity contribution in [3.05, 3.63) is 11.1 Å². The van der Waals surface area contributed by atoms with Gasteiger partial charge in [-0.25, -0.2) is 0 Å². The van der Waals surface area contributed by atoms with Crippen LogP contribution in [0.2, 0.25) is 0 Å². The fourth-order valence-electron chi connectivity index (χ4n) is 3.35. The van der Waals surface area contributed by atoms with E-state index in [0.717, 1.165) is 18.4 Å². The maximum atomic E-state index is 11.3. The second kappa shape index (κ2) is 5.40. The summed E-state index contributed by atoms with van der Waals surface area (Å²) in [4.78, 5) is 13.5. The van der Waals surface area contributed by atoms with E-state index in [4.69, 9.17) is 11.6 Å². The van der Waals surface area contributed by atoms with Gasteiger partial charge in [0.2, 0.25) is 0 Å². The number of hydrogen-bond acceptors (Lipinski definition) is 2. The Balaban J connectivity index is 2.14. The predicted octanol–water partition coefficient (Wildman–Crippen LogP) is 2.85. The van der Waals surface area contributed by atoms with Crippen LogP contribution in [0, 0.1) is 5.92 Å². The quantitative estimate of drug-likeness (QED) is 0.845. The fourth-order valence-corrected chi connectivity index (χ4v) is 3.41. The molecule has 1 heterocycles. The van der Waals surface area contributed by atoms with Gasteiger partial charge >= 0.3 is 5.97 Å². The average molecular weight is 258 g/mol. The Bertz CT molecular complexity index is 329. The molecule has 1 N–H and O–H groups in total. The van der Waals surface area contributed by atoms with E-state index in [1.807, 2.05) is 6.92 Å². The van der Waals surface area contributed by atoms with Crippen LogP contribution in [0.15, 0.2) is 11.1 Å². The van der Waals surface area contributed by atoms with Crippen molar-refractivity contribution < 1.29 is 9.90 Å². The first-order valence-electron chi connectivity index (χ1n) is 6.38. The summed E-state index contributed by atoms with van der Waals surface area (Å²) >= 11 is 5.70. The Hall–Kier alpha value is -0.540. The van der Waals surface area contributed by atoms with Crippen LogP contribution in [-0.2, 0) is 4.79 Å². The third-order valence-corrected chi connectivity index (χ3v) is 4.50. The third kappa shape index (κ3) is 2.66. The largest absolute Gasteiger partial charge is 0.480 e. The molecule has 0 aromatic heterocycles. The minimum absolute atomic E-state index is 0.310. The number of carboxylic acid groups (broad SMARTS) is 1. The van der Waals surface area contributed by atoms with E-state index >= 15 is 0 Å². The Labute approximate surface area is 107 Å². The molecule has 2 rings (SSSR count). The van der Waals surface area contributed by atoms with Crippen molar-refractivity contribution in [2.24, 2.45) is 5.92 Å². The molecule has 1 saturated carbocycles. The number of carboxylic acids is 1. The van der Waals surface area contributed by atoms with Gasteiger partial charge < -0.3 is 5.11 Å². The third-order valence-electron chi connectivity index (χ3n) is 4.12. The number of carbonyl (C=O) groups is 1. The van der Waals surface area contributed by atoms with Gasteiger partial charge in [0.05, 0.1) is 0 Å². The lowest BCUT2D eigenvalue weighted by Gasteiger charge is -2.33. The fraction of sp³-hybridized carbons (Fsp3) is 0.769. The molecule has 0 spiro atoms. The van der Waals surface area contributed by atoms with Gasteiger partial charge in [0.15, 0.2) is 0 Å². The van der Waals surface area contributed by atoms with Crippen LogP contribution in [0.25, 0.3) is 0 Å². The topological polar surface area (TPSA) is 40.5 Å². The van der Waals surface area contributed by atoms with Crippen LogP contribution in [0.4, 0.5) is 0 Å². The van der Waals surface area contributed by atoms with Crippen molar-refractivity contribution >= 4 is 17.6 Å². The molecule has 0 radical (unpaired) electrons. The summed E-state index contributed by atoms with van der Waals surface area (Å²) in [7, 11) is 0. The van der Waals surface area contributed by atoms with Crippen molar-refractivity contribution in [3.63, 3.8) is 0 Å². The summed E-state index contributed by atoms with van der Waals surface area (Å²) in [5.74, 6) is -0.102. The normalized spacial score (nSPS) is 34.7. The molecule has 0 amide bonds. The molecule has 0 aromatic rings. The van der Waals surface area contributed by atoms with E-state index in [0.29, 0.717) is 18.5 Å². The minimum Gasteiger partial charge on any atom is -0.480 e. The van der Waals surface area contributed by atoms with E-state index in [2.05, 4.69) is 4.90 Å². The molecular formula is C13H20ClNO2. The number of nitrogens with zero attached hydrogens (tertiary/aromatic N) is 1. The smallest absolute Gasteiger partial charge is 0.320 e. The van der Waals surface area contributed by atoms with Crippen molar-refractivity contribution in [1.82, 2.24) is 4.90 Å². The lowest BCUT2D eigenvalue weighted by molar-refractivity contribution is -0.142. The molecule has 4 heteroatoms. The lowest BCUT2D eigenvalue weighted by Crippen LogP contribution is -2.43. The minimum atomic E-state index is -0.679. The zero-order valence-corrected chi connectivity index (χ0v) is 11.0. The highest BCUT2D eigenvalue weighted by atomic mass is 35.5. The van der Waals surface area contributed by atoms with E-state index in [1.54, 1.807) is 5.54 Å². The Morgan fingerprint density at radius 2 is 2.18 bits per heavy atom. The summed E-state index contributed by atoms with van der Waals surface area (Å²) in [6.45, 7) is 2.66. The number of aliphatic carboxylic acids is 1. The highest BCUT2D eigenvalue weighted by Crippen LogP contribution is 2.40. The Kier molecular flexibility index (Phi) is 4.10. The molecule has 2 fully saturated rings. The summed E-state index contributed by atoms with van der Waals surface area (Å²) < 4.78 is 0. The molecule has 1 aliphatic carbocycles. The number of likely N-dealkylation sites (tertiary alicyclic amines) is 1. The molecule has 3 atom stereocenters. The first-order chi connectivity index (χ1) is 8.13. The summed E-state index contributed by atoms with van der Waals surface area (Å²) in [6, 6.07) is 0.145. The van der Waals surface area contributed by atoms with Crippen LogP contribution in [0.1, 0.15) is 39.0 Å². The second-order valence-corrected chi connectivity index (χ2v) is 5.55. The number of hydrogen-bond donors (Lipinski definition) is 1. The maximum Gasteiger partial charge on any atom is 0.320 e. The van der Waals surface area contributed by atoms with Gasteiger partial charge in [-0.1, -0.05) is 24.4 Å². The van der Waals surface area contributed by atoms with Gasteiger partial charge in [-0.15, -0.1) is 0 Å². The molecule has 1 saturated heterocycles. The monoisotopic (exact) mass is 257 g/mol. The molecule has 3 unspecified atom stereocenters. The molecule has 96 valence electrons. The SMILES string of the molecule is CC(=CCl)CN1C(C(=O)O)CC2CCCCC21. The van der Waals surface area contributed by atoms with Crippen molar-refractivity contribution in [1.29, 1.82) is 0 Å². The maximum absolute atomic E-state index is 11.3. The predicted molar refractivity (Wildman–Crippen MR) is 68.1 cm³/mol. The highest BCUT2D eigenvalue weighted by Gasteiger charge is 2.44. The van der Waals surface area contributed by atoms with Gasteiger partial charge in [-0.05, 0) is 37.7 Å². The molecule has 0 bridgehead atoms. The Morgan fingerprint density at radius 1 is 1.47 bits per heavy atom. The van der Waals surface area contributed by atoms with Crippen LogP contribution in [0.5, 0.6) is 0 Å². The van der Waals surface area contributed by atoms with Gasteiger partial charge in [0, 0.05) is 18.1 Å². The van der Waals surface area contributed by atoms with Crippen molar-refractivity contribution in [2.75, 3.05) is 6.54 Å².